The van der Waals surface area contributed by atoms with Crippen LogP contribution < -0.4 is 4.90 Å². The maximum Gasteiger partial charge on any atom is 0.264 e. The Hall–Kier alpha value is -2.46. The number of rotatable bonds is 5. The maximum absolute atomic E-state index is 13.7. The molecule has 4 nitrogen and oxygen atoms in total. The van der Waals surface area contributed by atoms with Crippen molar-refractivity contribution >= 4 is 17.4 Å². The van der Waals surface area contributed by atoms with Crippen molar-refractivity contribution in [2.24, 2.45) is 23.2 Å². The van der Waals surface area contributed by atoms with E-state index < -0.39 is 5.60 Å². The number of hydrogen-bond donors (Lipinski definition) is 1. The summed E-state index contributed by atoms with van der Waals surface area (Å²) >= 11 is 0. The average Bonchev–Trinajstić information content (AvgIpc) is 2.96. The number of fused-ring (bicyclic) bond motifs is 1. The van der Waals surface area contributed by atoms with Crippen molar-refractivity contribution in [1.82, 2.24) is 0 Å². The first-order valence-corrected chi connectivity index (χ1v) is 11.7. The van der Waals surface area contributed by atoms with Crippen LogP contribution in [0.25, 0.3) is 0 Å². The average molecular weight is 416 g/mol. The smallest absolute Gasteiger partial charge is 0.264 e. The first kappa shape index (κ1) is 19.2. The Morgan fingerprint density at radius 1 is 0.903 bits per heavy atom. The van der Waals surface area contributed by atoms with Gasteiger partial charge in [-0.05, 0) is 67.9 Å². The minimum absolute atomic E-state index is 0.0969. The number of amides is 1. The van der Waals surface area contributed by atoms with Crippen LogP contribution in [0.4, 0.5) is 5.69 Å². The Morgan fingerprint density at radius 2 is 1.48 bits per heavy atom. The first-order valence-electron chi connectivity index (χ1n) is 11.7. The van der Waals surface area contributed by atoms with Crippen LogP contribution in [0.5, 0.6) is 0 Å². The molecule has 0 spiro atoms. The summed E-state index contributed by atoms with van der Waals surface area (Å²) in [6, 6.07) is 17.2. The molecule has 0 saturated heterocycles. The number of aliphatic hydroxyl groups is 1. The third-order valence-electron chi connectivity index (χ3n) is 8.47. The van der Waals surface area contributed by atoms with E-state index >= 15 is 0 Å². The highest BCUT2D eigenvalue weighted by molar-refractivity contribution is 6.09. The monoisotopic (exact) mass is 415 g/mol. The predicted octanol–water partition coefficient (Wildman–Crippen LogP) is 4.60. The molecule has 4 bridgehead atoms. The molecule has 1 heterocycles. The molecule has 0 radical (unpaired) electrons. The lowest BCUT2D eigenvalue weighted by Gasteiger charge is -2.56. The number of hydrogen-bond acceptors (Lipinski definition) is 3. The van der Waals surface area contributed by atoms with E-state index in [2.05, 4.69) is 0 Å². The molecule has 4 fully saturated rings. The Balaban J connectivity index is 1.32. The fraction of sp³-hybridized carbons (Fsp3) is 0.481. The molecule has 1 amide bonds. The van der Waals surface area contributed by atoms with Crippen molar-refractivity contribution in [2.45, 2.75) is 57.1 Å². The van der Waals surface area contributed by atoms with Crippen molar-refractivity contribution in [3.8, 4) is 0 Å². The second-order valence-corrected chi connectivity index (χ2v) is 10.6. The molecule has 1 N–H and O–H groups in total. The first-order chi connectivity index (χ1) is 15.0. The minimum Gasteiger partial charge on any atom is -0.375 e. The number of ketones is 1. The second kappa shape index (κ2) is 6.77. The molecular weight excluding hydrogens is 386 g/mol. The van der Waals surface area contributed by atoms with Gasteiger partial charge in [0.05, 0.1) is 12.2 Å². The quantitative estimate of drug-likeness (QED) is 0.777. The SMILES string of the molecule is O=C(C[C@]1(O)C(=O)N(Cc2ccccc2)c2ccccc21)C12CC3CC(CC(C3)C1)C2. The van der Waals surface area contributed by atoms with Gasteiger partial charge >= 0.3 is 0 Å². The van der Waals surface area contributed by atoms with Gasteiger partial charge < -0.3 is 10.0 Å². The lowest BCUT2D eigenvalue weighted by Crippen LogP contribution is -2.52. The molecule has 1 aliphatic heterocycles. The largest absolute Gasteiger partial charge is 0.375 e. The number of carbonyl (C=O) groups is 2. The van der Waals surface area contributed by atoms with E-state index in [0.29, 0.717) is 29.9 Å². The van der Waals surface area contributed by atoms with Crippen LogP contribution >= 0.6 is 0 Å². The number of para-hydroxylation sites is 1. The zero-order chi connectivity index (χ0) is 21.2. The fourth-order valence-electron chi connectivity index (χ4n) is 7.47. The molecule has 2 aromatic carbocycles. The van der Waals surface area contributed by atoms with Crippen LogP contribution in [0.2, 0.25) is 0 Å². The summed E-state index contributed by atoms with van der Waals surface area (Å²) in [5.41, 5.74) is 0.228. The van der Waals surface area contributed by atoms with E-state index in [-0.39, 0.29) is 23.5 Å². The van der Waals surface area contributed by atoms with Gasteiger partial charge in [0.25, 0.3) is 5.91 Å². The van der Waals surface area contributed by atoms with Crippen LogP contribution in [0.3, 0.4) is 0 Å². The molecule has 0 unspecified atom stereocenters. The number of anilines is 1. The van der Waals surface area contributed by atoms with Gasteiger partial charge in [-0.25, -0.2) is 0 Å². The number of nitrogens with zero attached hydrogens (tertiary/aromatic N) is 1. The van der Waals surface area contributed by atoms with Gasteiger partial charge in [0, 0.05) is 17.4 Å². The van der Waals surface area contributed by atoms with E-state index in [1.165, 1.54) is 19.3 Å². The molecule has 160 valence electrons. The normalized spacial score (nSPS) is 35.5. The zero-order valence-corrected chi connectivity index (χ0v) is 17.8. The summed E-state index contributed by atoms with van der Waals surface area (Å²) in [4.78, 5) is 29.0. The van der Waals surface area contributed by atoms with Crippen molar-refractivity contribution in [2.75, 3.05) is 4.90 Å². The van der Waals surface area contributed by atoms with Gasteiger partial charge in [-0.1, -0.05) is 48.5 Å². The summed E-state index contributed by atoms with van der Waals surface area (Å²) in [6.45, 7) is 0.393. The minimum atomic E-state index is -1.76. The number of benzene rings is 2. The molecular formula is C27H29NO3. The third kappa shape index (κ3) is 2.91. The van der Waals surface area contributed by atoms with Gasteiger partial charge in [0.1, 0.15) is 5.78 Å². The standard InChI is InChI=1S/C27H29NO3/c29-24(26-13-19-10-20(14-26)12-21(11-19)15-26)16-27(31)22-8-4-5-9-23(22)28(25(27)30)17-18-6-2-1-3-7-18/h1-9,19-21,31H,10-17H2/t19?,20?,21?,26?,27-/m1/s1. The molecule has 4 heteroatoms. The molecule has 4 saturated carbocycles. The van der Waals surface area contributed by atoms with Crippen molar-refractivity contribution in [3.63, 3.8) is 0 Å². The number of Topliss-reactive ketones (excluding diaryl/α,β-unsaturated/α-hetero) is 1. The number of carbonyl (C=O) groups excluding carboxylic acids is 2. The van der Waals surface area contributed by atoms with E-state index in [1.807, 2.05) is 54.6 Å². The third-order valence-corrected chi connectivity index (χ3v) is 8.47. The van der Waals surface area contributed by atoms with E-state index in [0.717, 1.165) is 30.5 Å². The van der Waals surface area contributed by atoms with Gasteiger partial charge in [0.15, 0.2) is 5.60 Å². The van der Waals surface area contributed by atoms with Crippen molar-refractivity contribution < 1.29 is 14.7 Å². The van der Waals surface area contributed by atoms with Gasteiger partial charge in [0.2, 0.25) is 0 Å². The molecule has 31 heavy (non-hydrogen) atoms. The van der Waals surface area contributed by atoms with Crippen LogP contribution in [-0.4, -0.2) is 16.8 Å². The summed E-state index contributed by atoms with van der Waals surface area (Å²) in [7, 11) is 0. The maximum atomic E-state index is 13.7. The van der Waals surface area contributed by atoms with Crippen molar-refractivity contribution in [1.29, 1.82) is 0 Å². The highest BCUT2D eigenvalue weighted by Gasteiger charge is 2.58. The van der Waals surface area contributed by atoms with Crippen LogP contribution in [0.15, 0.2) is 54.6 Å². The zero-order valence-electron chi connectivity index (χ0n) is 17.8. The molecule has 7 rings (SSSR count). The molecule has 0 aromatic heterocycles. The predicted molar refractivity (Wildman–Crippen MR) is 118 cm³/mol. The molecule has 5 aliphatic rings. The Kier molecular flexibility index (Phi) is 4.20. The topological polar surface area (TPSA) is 57.6 Å². The lowest BCUT2D eigenvalue weighted by molar-refractivity contribution is -0.154. The Labute approximate surface area is 183 Å². The second-order valence-electron chi connectivity index (χ2n) is 10.6. The van der Waals surface area contributed by atoms with Gasteiger partial charge in [-0.2, -0.15) is 0 Å². The van der Waals surface area contributed by atoms with Gasteiger partial charge in [-0.15, -0.1) is 0 Å². The van der Waals surface area contributed by atoms with E-state index in [9.17, 15) is 14.7 Å². The Morgan fingerprint density at radius 3 is 2.13 bits per heavy atom. The van der Waals surface area contributed by atoms with E-state index in [1.54, 1.807) is 4.90 Å². The summed E-state index contributed by atoms with van der Waals surface area (Å²) in [6.07, 6.45) is 6.57. The van der Waals surface area contributed by atoms with Gasteiger partial charge in [-0.3, -0.25) is 9.59 Å². The highest BCUT2D eigenvalue weighted by Crippen LogP contribution is 2.61. The Bertz CT molecular complexity index is 1010. The summed E-state index contributed by atoms with van der Waals surface area (Å²) in [5.74, 6) is 1.72. The molecule has 4 aliphatic carbocycles. The lowest BCUT2D eigenvalue weighted by atomic mass is 9.48. The van der Waals surface area contributed by atoms with E-state index in [4.69, 9.17) is 0 Å². The van der Waals surface area contributed by atoms with Crippen LogP contribution in [0, 0.1) is 23.2 Å². The van der Waals surface area contributed by atoms with Crippen molar-refractivity contribution in [3.05, 3.63) is 65.7 Å². The van der Waals surface area contributed by atoms with Crippen LogP contribution in [-0.2, 0) is 21.7 Å². The summed E-state index contributed by atoms with van der Waals surface area (Å²) in [5, 5.41) is 11.7. The highest BCUT2D eigenvalue weighted by atomic mass is 16.3. The summed E-state index contributed by atoms with van der Waals surface area (Å²) < 4.78 is 0. The molecule has 1 atom stereocenters. The fourth-order valence-corrected chi connectivity index (χ4v) is 7.47. The van der Waals surface area contributed by atoms with Crippen LogP contribution in [0.1, 0.15) is 56.1 Å². The molecule has 2 aromatic rings.